The first kappa shape index (κ1) is 14.9. The first-order valence-corrected chi connectivity index (χ1v) is 6.31. The molecule has 0 atom stereocenters. The summed E-state index contributed by atoms with van der Waals surface area (Å²) in [5.41, 5.74) is 0. The van der Waals surface area contributed by atoms with E-state index in [4.69, 9.17) is 10.2 Å². The van der Waals surface area contributed by atoms with Gasteiger partial charge in [0.2, 0.25) is 0 Å². The van der Waals surface area contributed by atoms with Gasteiger partial charge in [-0.1, -0.05) is 0 Å². The predicted molar refractivity (Wildman–Crippen MR) is 63.7 cm³/mol. The highest BCUT2D eigenvalue weighted by molar-refractivity contribution is 4.45. The van der Waals surface area contributed by atoms with Crippen LogP contribution in [0.15, 0.2) is 0 Å². The van der Waals surface area contributed by atoms with Gasteiger partial charge < -0.3 is 14.7 Å². The van der Waals surface area contributed by atoms with Crippen LogP contribution < -0.4 is 0 Å². The number of hydrogen-bond acceptors (Lipinski definition) is 2. The molecule has 0 saturated heterocycles. The highest BCUT2D eigenvalue weighted by atomic mass is 16.3. The van der Waals surface area contributed by atoms with Crippen LogP contribution in [0, 0.1) is 0 Å². The molecule has 92 valence electrons. The van der Waals surface area contributed by atoms with E-state index >= 15 is 0 Å². The predicted octanol–water partition coefficient (Wildman–Crippen LogP) is 1.39. The lowest BCUT2D eigenvalue weighted by Gasteiger charge is -2.37. The highest BCUT2D eigenvalue weighted by Gasteiger charge is 2.21. The van der Waals surface area contributed by atoms with Crippen LogP contribution in [0.1, 0.15) is 39.5 Å². The smallest absolute Gasteiger partial charge is 0.0787 e. The molecule has 0 spiro atoms. The van der Waals surface area contributed by atoms with Crippen molar-refractivity contribution >= 4 is 0 Å². The summed E-state index contributed by atoms with van der Waals surface area (Å²) in [5.74, 6) is 0. The topological polar surface area (TPSA) is 40.5 Å². The van der Waals surface area contributed by atoms with Gasteiger partial charge in [-0.2, -0.15) is 0 Å². The number of hydrogen-bond donors (Lipinski definition) is 2. The minimum atomic E-state index is 0.310. The standard InChI is InChI=1S/C12H28NO2/c1-3-13(4-2,9-5-7-11-14)10-6-8-12-15/h14-15H,3-12H2,1-2H3/q+1. The second-order valence-corrected chi connectivity index (χ2v) is 4.28. The highest BCUT2D eigenvalue weighted by Crippen LogP contribution is 2.11. The minimum Gasteiger partial charge on any atom is -0.396 e. The van der Waals surface area contributed by atoms with Crippen molar-refractivity contribution in [3.8, 4) is 0 Å². The Balaban J connectivity index is 3.93. The van der Waals surface area contributed by atoms with Crippen molar-refractivity contribution in [3.63, 3.8) is 0 Å². The molecule has 0 unspecified atom stereocenters. The Bertz CT molecular complexity index is 124. The molecule has 0 bridgehead atoms. The molecular formula is C12H28NO2+. The number of unbranched alkanes of at least 4 members (excludes halogenated alkanes) is 2. The Morgan fingerprint density at radius 3 is 1.40 bits per heavy atom. The van der Waals surface area contributed by atoms with Crippen LogP contribution in [-0.2, 0) is 0 Å². The van der Waals surface area contributed by atoms with E-state index in [0.717, 1.165) is 43.3 Å². The third kappa shape index (κ3) is 6.13. The molecule has 0 aliphatic rings. The number of nitrogens with zero attached hydrogens (tertiary/aromatic N) is 1. The zero-order valence-corrected chi connectivity index (χ0v) is 10.4. The maximum atomic E-state index is 8.78. The van der Waals surface area contributed by atoms with Gasteiger partial charge >= 0.3 is 0 Å². The van der Waals surface area contributed by atoms with Crippen molar-refractivity contribution in [2.45, 2.75) is 39.5 Å². The summed E-state index contributed by atoms with van der Waals surface area (Å²) < 4.78 is 1.14. The molecule has 2 N–H and O–H groups in total. The van der Waals surface area contributed by atoms with Crippen molar-refractivity contribution in [2.75, 3.05) is 39.4 Å². The van der Waals surface area contributed by atoms with Crippen LogP contribution in [0.2, 0.25) is 0 Å². The largest absolute Gasteiger partial charge is 0.396 e. The fourth-order valence-corrected chi connectivity index (χ4v) is 2.09. The monoisotopic (exact) mass is 218 g/mol. The van der Waals surface area contributed by atoms with E-state index in [1.165, 1.54) is 13.1 Å². The van der Waals surface area contributed by atoms with E-state index in [1.54, 1.807) is 0 Å². The summed E-state index contributed by atoms with van der Waals surface area (Å²) in [5, 5.41) is 17.6. The van der Waals surface area contributed by atoms with Gasteiger partial charge in [0.15, 0.2) is 0 Å². The third-order valence-electron chi connectivity index (χ3n) is 3.42. The third-order valence-corrected chi connectivity index (χ3v) is 3.42. The van der Waals surface area contributed by atoms with Crippen molar-refractivity contribution in [1.82, 2.24) is 0 Å². The first-order chi connectivity index (χ1) is 7.24. The molecule has 0 radical (unpaired) electrons. The SMILES string of the molecule is CC[N+](CC)(CCCCO)CCCCO. The average Bonchev–Trinajstić information content (AvgIpc) is 2.28. The Hall–Kier alpha value is -0.120. The molecule has 15 heavy (non-hydrogen) atoms. The fraction of sp³-hybridized carbons (Fsp3) is 1.00. The number of quaternary nitrogens is 1. The summed E-state index contributed by atoms with van der Waals surface area (Å²) >= 11 is 0. The van der Waals surface area contributed by atoms with Gasteiger partial charge in [0, 0.05) is 13.2 Å². The van der Waals surface area contributed by atoms with Crippen molar-refractivity contribution in [1.29, 1.82) is 0 Å². The van der Waals surface area contributed by atoms with Gasteiger partial charge in [-0.3, -0.25) is 0 Å². The number of aliphatic hydroxyl groups excluding tert-OH is 2. The van der Waals surface area contributed by atoms with Crippen molar-refractivity contribution in [2.24, 2.45) is 0 Å². The van der Waals surface area contributed by atoms with Gasteiger partial charge in [0.05, 0.1) is 26.2 Å². The van der Waals surface area contributed by atoms with Crippen LogP contribution in [0.4, 0.5) is 0 Å². The Morgan fingerprint density at radius 2 is 1.13 bits per heavy atom. The van der Waals surface area contributed by atoms with Crippen LogP contribution in [0.3, 0.4) is 0 Å². The van der Waals surface area contributed by atoms with E-state index < -0.39 is 0 Å². The summed E-state index contributed by atoms with van der Waals surface area (Å²) in [6.45, 7) is 9.75. The average molecular weight is 218 g/mol. The summed E-state index contributed by atoms with van der Waals surface area (Å²) in [6, 6.07) is 0. The maximum absolute atomic E-state index is 8.78. The lowest BCUT2D eigenvalue weighted by Crippen LogP contribution is -2.49. The summed E-state index contributed by atoms with van der Waals surface area (Å²) in [7, 11) is 0. The van der Waals surface area contributed by atoms with Crippen LogP contribution in [0.5, 0.6) is 0 Å². The van der Waals surface area contributed by atoms with Gasteiger partial charge in [0.1, 0.15) is 0 Å². The van der Waals surface area contributed by atoms with E-state index in [0.29, 0.717) is 13.2 Å². The lowest BCUT2D eigenvalue weighted by atomic mass is 10.2. The molecule has 3 nitrogen and oxygen atoms in total. The number of aliphatic hydroxyl groups is 2. The summed E-state index contributed by atoms with van der Waals surface area (Å²) in [4.78, 5) is 0. The molecular weight excluding hydrogens is 190 g/mol. The van der Waals surface area contributed by atoms with E-state index in [9.17, 15) is 0 Å². The van der Waals surface area contributed by atoms with E-state index in [1.807, 2.05) is 0 Å². The zero-order valence-electron chi connectivity index (χ0n) is 10.4. The summed E-state index contributed by atoms with van der Waals surface area (Å²) in [6.07, 6.45) is 4.05. The Labute approximate surface area is 94.3 Å². The molecule has 0 aromatic heterocycles. The molecule has 0 fully saturated rings. The van der Waals surface area contributed by atoms with Crippen LogP contribution in [-0.4, -0.2) is 54.1 Å². The van der Waals surface area contributed by atoms with Crippen LogP contribution >= 0.6 is 0 Å². The molecule has 0 aliphatic heterocycles. The molecule has 0 heterocycles. The normalized spacial score (nSPS) is 12.0. The van der Waals surface area contributed by atoms with Crippen LogP contribution in [0.25, 0.3) is 0 Å². The molecule has 0 aromatic rings. The number of rotatable bonds is 10. The fourth-order valence-electron chi connectivity index (χ4n) is 2.09. The van der Waals surface area contributed by atoms with Gasteiger partial charge in [-0.05, 0) is 39.5 Å². The Kier molecular flexibility index (Phi) is 9.06. The van der Waals surface area contributed by atoms with Gasteiger partial charge in [0.25, 0.3) is 0 Å². The van der Waals surface area contributed by atoms with E-state index in [-0.39, 0.29) is 0 Å². The second kappa shape index (κ2) is 9.13. The molecule has 0 aromatic carbocycles. The minimum absolute atomic E-state index is 0.310. The zero-order chi connectivity index (χ0) is 11.6. The second-order valence-electron chi connectivity index (χ2n) is 4.28. The van der Waals surface area contributed by atoms with Crippen molar-refractivity contribution < 1.29 is 14.7 Å². The maximum Gasteiger partial charge on any atom is 0.0787 e. The molecule has 0 saturated carbocycles. The van der Waals surface area contributed by atoms with E-state index in [2.05, 4.69) is 13.8 Å². The molecule has 0 rings (SSSR count). The van der Waals surface area contributed by atoms with Gasteiger partial charge in [-0.25, -0.2) is 0 Å². The van der Waals surface area contributed by atoms with Gasteiger partial charge in [-0.15, -0.1) is 0 Å². The van der Waals surface area contributed by atoms with Crippen molar-refractivity contribution in [3.05, 3.63) is 0 Å². The first-order valence-electron chi connectivity index (χ1n) is 6.31. The molecule has 3 heteroatoms. The lowest BCUT2D eigenvalue weighted by molar-refractivity contribution is -0.925. The molecule has 0 amide bonds. The Morgan fingerprint density at radius 1 is 0.733 bits per heavy atom. The molecule has 0 aliphatic carbocycles. The quantitative estimate of drug-likeness (QED) is 0.430.